The van der Waals surface area contributed by atoms with Crippen molar-refractivity contribution in [2.24, 2.45) is 0 Å². The van der Waals surface area contributed by atoms with Crippen molar-refractivity contribution < 1.29 is 0 Å². The van der Waals surface area contributed by atoms with E-state index < -0.39 is 0 Å². The Morgan fingerprint density at radius 1 is 1.24 bits per heavy atom. The summed E-state index contributed by atoms with van der Waals surface area (Å²) in [5.74, 6) is 0. The van der Waals surface area contributed by atoms with Gasteiger partial charge in [0.25, 0.3) is 5.56 Å². The summed E-state index contributed by atoms with van der Waals surface area (Å²) < 4.78 is 1.57. The fourth-order valence-corrected chi connectivity index (χ4v) is 2.59. The first kappa shape index (κ1) is 15.7. The normalized spacial score (nSPS) is 12.7. The lowest BCUT2D eigenvalue weighted by molar-refractivity contribution is 0.431. The van der Waals surface area contributed by atoms with E-state index in [0.717, 1.165) is 5.69 Å². The highest BCUT2D eigenvalue weighted by Crippen LogP contribution is 2.08. The highest BCUT2D eigenvalue weighted by Gasteiger charge is 2.08. The molecule has 2 rings (SSSR count). The number of aromatic nitrogens is 2. The number of pyridine rings is 1. The number of rotatable bonds is 8. The molecule has 4 nitrogen and oxygen atoms in total. The number of nitrogens with zero attached hydrogens (tertiary/aromatic N) is 2. The highest BCUT2D eigenvalue weighted by molar-refractivity contribution is 5.37. The van der Waals surface area contributed by atoms with E-state index in [1.54, 1.807) is 16.7 Å². The fourth-order valence-electron chi connectivity index (χ4n) is 2.59. The van der Waals surface area contributed by atoms with Crippen molar-refractivity contribution in [3.63, 3.8) is 0 Å². The molecule has 114 valence electrons. The van der Waals surface area contributed by atoms with Crippen molar-refractivity contribution in [3.8, 4) is 0 Å². The van der Waals surface area contributed by atoms with E-state index in [4.69, 9.17) is 0 Å². The second kappa shape index (κ2) is 7.93. The Bertz CT molecular complexity index is 621. The molecule has 0 spiro atoms. The second-order valence-corrected chi connectivity index (χ2v) is 5.52. The maximum absolute atomic E-state index is 12.0. The van der Waals surface area contributed by atoms with E-state index in [1.165, 1.54) is 32.1 Å². The van der Waals surface area contributed by atoms with Gasteiger partial charge in [-0.3, -0.25) is 9.20 Å². The molecule has 0 bridgehead atoms. The lowest BCUT2D eigenvalue weighted by Gasteiger charge is -2.17. The van der Waals surface area contributed by atoms with Gasteiger partial charge >= 0.3 is 0 Å². The SMILES string of the molecule is CCCCC(CCC)NCc1cc(=O)n2ccccc2n1. The molecule has 1 N–H and O–H groups in total. The summed E-state index contributed by atoms with van der Waals surface area (Å²) in [6.45, 7) is 5.09. The predicted molar refractivity (Wildman–Crippen MR) is 86.5 cm³/mol. The summed E-state index contributed by atoms with van der Waals surface area (Å²) in [5.41, 5.74) is 1.52. The topological polar surface area (TPSA) is 46.4 Å². The zero-order valence-electron chi connectivity index (χ0n) is 13.0. The van der Waals surface area contributed by atoms with Gasteiger partial charge in [0.2, 0.25) is 0 Å². The van der Waals surface area contributed by atoms with E-state index in [0.29, 0.717) is 18.2 Å². The smallest absolute Gasteiger partial charge is 0.258 e. The number of hydrogen-bond acceptors (Lipinski definition) is 3. The van der Waals surface area contributed by atoms with Crippen LogP contribution in [-0.2, 0) is 6.54 Å². The minimum atomic E-state index is -0.0157. The molecule has 0 fully saturated rings. The van der Waals surface area contributed by atoms with E-state index >= 15 is 0 Å². The van der Waals surface area contributed by atoms with Gasteiger partial charge in [0.1, 0.15) is 5.65 Å². The maximum Gasteiger partial charge on any atom is 0.258 e. The number of unbranched alkanes of at least 4 members (excludes halogenated alkanes) is 1. The minimum Gasteiger partial charge on any atom is -0.308 e. The van der Waals surface area contributed by atoms with Crippen LogP contribution in [0.4, 0.5) is 0 Å². The lowest BCUT2D eigenvalue weighted by atomic mass is 10.1. The van der Waals surface area contributed by atoms with E-state index in [9.17, 15) is 4.79 Å². The van der Waals surface area contributed by atoms with Crippen LogP contribution in [0.3, 0.4) is 0 Å². The first-order valence-electron chi connectivity index (χ1n) is 7.95. The third-order valence-corrected chi connectivity index (χ3v) is 3.74. The Hall–Kier alpha value is -1.68. The molecule has 0 aliphatic carbocycles. The summed E-state index contributed by atoms with van der Waals surface area (Å²) in [4.78, 5) is 16.6. The molecule has 21 heavy (non-hydrogen) atoms. The van der Waals surface area contributed by atoms with Gasteiger partial charge in [-0.1, -0.05) is 39.2 Å². The van der Waals surface area contributed by atoms with Crippen LogP contribution < -0.4 is 10.9 Å². The monoisotopic (exact) mass is 287 g/mol. The summed E-state index contributed by atoms with van der Waals surface area (Å²) >= 11 is 0. The van der Waals surface area contributed by atoms with Crippen LogP contribution >= 0.6 is 0 Å². The first-order valence-corrected chi connectivity index (χ1v) is 7.95. The van der Waals surface area contributed by atoms with Gasteiger partial charge in [-0.15, -0.1) is 0 Å². The van der Waals surface area contributed by atoms with Gasteiger partial charge in [0.05, 0.1) is 5.69 Å². The van der Waals surface area contributed by atoms with Crippen LogP contribution in [0.25, 0.3) is 5.65 Å². The summed E-state index contributed by atoms with van der Waals surface area (Å²) in [5, 5.41) is 3.55. The van der Waals surface area contributed by atoms with E-state index in [1.807, 2.05) is 18.2 Å². The Morgan fingerprint density at radius 3 is 2.86 bits per heavy atom. The number of nitrogens with one attached hydrogen (secondary N) is 1. The molecule has 0 aliphatic rings. The molecule has 2 heterocycles. The molecule has 2 aromatic heterocycles. The van der Waals surface area contributed by atoms with Gasteiger partial charge in [-0.05, 0) is 25.0 Å². The van der Waals surface area contributed by atoms with Crippen LogP contribution in [0.15, 0.2) is 35.3 Å². The van der Waals surface area contributed by atoms with E-state index in [2.05, 4.69) is 24.1 Å². The Balaban J connectivity index is 2.06. The van der Waals surface area contributed by atoms with Gasteiger partial charge in [0, 0.05) is 24.8 Å². The van der Waals surface area contributed by atoms with Crippen molar-refractivity contribution in [3.05, 3.63) is 46.5 Å². The van der Waals surface area contributed by atoms with Gasteiger partial charge in [0.15, 0.2) is 0 Å². The zero-order chi connectivity index (χ0) is 15.1. The largest absolute Gasteiger partial charge is 0.308 e. The third kappa shape index (κ3) is 4.39. The van der Waals surface area contributed by atoms with E-state index in [-0.39, 0.29) is 5.56 Å². The highest BCUT2D eigenvalue weighted by atomic mass is 16.1. The molecule has 0 aliphatic heterocycles. The average Bonchev–Trinajstić information content (AvgIpc) is 2.50. The fraction of sp³-hybridized carbons (Fsp3) is 0.529. The predicted octanol–water partition coefficient (Wildman–Crippen LogP) is 3.14. The zero-order valence-corrected chi connectivity index (χ0v) is 13.0. The molecule has 2 aromatic rings. The van der Waals surface area contributed by atoms with Crippen molar-refractivity contribution in [1.29, 1.82) is 0 Å². The quantitative estimate of drug-likeness (QED) is 0.811. The number of hydrogen-bond donors (Lipinski definition) is 1. The Kier molecular flexibility index (Phi) is 5.93. The third-order valence-electron chi connectivity index (χ3n) is 3.74. The summed E-state index contributed by atoms with van der Waals surface area (Å²) in [6, 6.07) is 7.76. The number of fused-ring (bicyclic) bond motifs is 1. The molecular weight excluding hydrogens is 262 g/mol. The van der Waals surface area contributed by atoms with Gasteiger partial charge in [-0.2, -0.15) is 0 Å². The molecule has 0 saturated carbocycles. The molecule has 0 radical (unpaired) electrons. The van der Waals surface area contributed by atoms with Crippen LogP contribution in [0.2, 0.25) is 0 Å². The molecule has 0 saturated heterocycles. The molecule has 1 unspecified atom stereocenters. The van der Waals surface area contributed by atoms with Crippen molar-refractivity contribution in [2.75, 3.05) is 0 Å². The van der Waals surface area contributed by atoms with Crippen molar-refractivity contribution >= 4 is 5.65 Å². The standard InChI is InChI=1S/C17H25N3O/c1-3-5-9-14(8-4-2)18-13-15-12-17(21)20-11-7-6-10-16(20)19-15/h6-7,10-12,14,18H,3-5,8-9,13H2,1-2H3. The van der Waals surface area contributed by atoms with Crippen LogP contribution in [-0.4, -0.2) is 15.4 Å². The molecule has 0 amide bonds. The van der Waals surface area contributed by atoms with Gasteiger partial charge in [-0.25, -0.2) is 4.98 Å². The van der Waals surface area contributed by atoms with Crippen LogP contribution in [0, 0.1) is 0 Å². The minimum absolute atomic E-state index is 0.0157. The maximum atomic E-state index is 12.0. The van der Waals surface area contributed by atoms with Gasteiger partial charge < -0.3 is 5.32 Å². The lowest BCUT2D eigenvalue weighted by Crippen LogP contribution is -2.29. The van der Waals surface area contributed by atoms with Crippen molar-refractivity contribution in [2.45, 2.75) is 58.5 Å². The van der Waals surface area contributed by atoms with Crippen LogP contribution in [0.5, 0.6) is 0 Å². The molecular formula is C17H25N3O. The Labute approximate surface area is 126 Å². The first-order chi connectivity index (χ1) is 10.2. The van der Waals surface area contributed by atoms with Crippen molar-refractivity contribution in [1.82, 2.24) is 14.7 Å². The second-order valence-electron chi connectivity index (χ2n) is 5.52. The summed E-state index contributed by atoms with van der Waals surface area (Å²) in [6.07, 6.45) is 7.75. The molecule has 1 atom stereocenters. The Morgan fingerprint density at radius 2 is 2.10 bits per heavy atom. The molecule has 0 aromatic carbocycles. The van der Waals surface area contributed by atoms with Crippen LogP contribution in [0.1, 0.15) is 51.6 Å². The average molecular weight is 287 g/mol. The summed E-state index contributed by atoms with van der Waals surface area (Å²) in [7, 11) is 0. The molecule has 4 heteroatoms.